The Bertz CT molecular complexity index is 461. The number of carbonyl (C=O) groups excluding carboxylic acids is 1. The highest BCUT2D eigenvalue weighted by molar-refractivity contribution is 5.75. The van der Waals surface area contributed by atoms with Crippen LogP contribution in [0.25, 0.3) is 0 Å². The normalized spacial score (nSPS) is 23.6. The summed E-state index contributed by atoms with van der Waals surface area (Å²) in [6.07, 6.45) is 5.92. The van der Waals surface area contributed by atoms with Crippen molar-refractivity contribution in [3.63, 3.8) is 0 Å². The first-order valence-electron chi connectivity index (χ1n) is 6.53. The van der Waals surface area contributed by atoms with Crippen molar-refractivity contribution in [2.45, 2.75) is 51.0 Å². The fourth-order valence-electron chi connectivity index (χ4n) is 2.43. The number of hydrogen-bond acceptors (Lipinski definition) is 3. The van der Waals surface area contributed by atoms with Crippen LogP contribution in [-0.2, 0) is 4.79 Å². The number of aromatic amines is 1. The quantitative estimate of drug-likeness (QED) is 0.848. The van der Waals surface area contributed by atoms with Crippen molar-refractivity contribution < 1.29 is 4.79 Å². The van der Waals surface area contributed by atoms with E-state index in [2.05, 4.69) is 15.3 Å². The van der Waals surface area contributed by atoms with Gasteiger partial charge in [-0.15, -0.1) is 0 Å². The van der Waals surface area contributed by atoms with E-state index in [-0.39, 0.29) is 17.5 Å². The van der Waals surface area contributed by atoms with Crippen LogP contribution in [0.15, 0.2) is 17.1 Å². The van der Waals surface area contributed by atoms with Gasteiger partial charge in [-0.25, -0.2) is 4.98 Å². The van der Waals surface area contributed by atoms with E-state index < -0.39 is 0 Å². The second-order valence-electron chi connectivity index (χ2n) is 4.79. The smallest absolute Gasteiger partial charge is 0.250 e. The van der Waals surface area contributed by atoms with E-state index in [1.165, 1.54) is 6.07 Å². The maximum atomic E-state index is 11.3. The molecule has 0 bridgehead atoms. The van der Waals surface area contributed by atoms with Gasteiger partial charge in [-0.2, -0.15) is 0 Å². The van der Waals surface area contributed by atoms with E-state index in [1.54, 1.807) is 6.20 Å². The molecule has 1 aliphatic carbocycles. The molecule has 5 nitrogen and oxygen atoms in total. The second-order valence-corrected chi connectivity index (χ2v) is 4.79. The zero-order valence-electron chi connectivity index (χ0n) is 10.6. The minimum Gasteiger partial charge on any atom is -0.353 e. The molecule has 0 aliphatic heterocycles. The molecule has 1 amide bonds. The third-order valence-corrected chi connectivity index (χ3v) is 3.49. The maximum Gasteiger partial charge on any atom is 0.250 e. The van der Waals surface area contributed by atoms with Crippen molar-refractivity contribution in [1.82, 2.24) is 15.3 Å². The Morgan fingerprint density at radius 2 is 2.17 bits per heavy atom. The highest BCUT2D eigenvalue weighted by atomic mass is 16.1. The van der Waals surface area contributed by atoms with Gasteiger partial charge in [0.25, 0.3) is 5.56 Å². The number of H-pyrrole nitrogens is 1. The van der Waals surface area contributed by atoms with Gasteiger partial charge in [-0.3, -0.25) is 9.59 Å². The maximum absolute atomic E-state index is 11.3. The zero-order valence-corrected chi connectivity index (χ0v) is 10.6. The van der Waals surface area contributed by atoms with Gasteiger partial charge >= 0.3 is 0 Å². The summed E-state index contributed by atoms with van der Waals surface area (Å²) in [6.45, 7) is 1.86. The molecular formula is C13H19N3O2. The van der Waals surface area contributed by atoms with Gasteiger partial charge in [-0.05, 0) is 25.7 Å². The fraction of sp³-hybridized carbons (Fsp3) is 0.615. The molecule has 2 rings (SSSR count). The number of amides is 1. The molecule has 1 aromatic heterocycles. The minimum atomic E-state index is -0.0959. The van der Waals surface area contributed by atoms with Crippen LogP contribution in [0.2, 0.25) is 0 Å². The number of aromatic nitrogens is 2. The summed E-state index contributed by atoms with van der Waals surface area (Å²) >= 11 is 0. The first-order valence-corrected chi connectivity index (χ1v) is 6.53. The Balaban J connectivity index is 1.90. The number of rotatable bonds is 3. The summed E-state index contributed by atoms with van der Waals surface area (Å²) in [5, 5.41) is 3.02. The predicted octanol–water partition coefficient (Wildman–Crippen LogP) is 1.32. The van der Waals surface area contributed by atoms with Gasteiger partial charge in [0, 0.05) is 30.6 Å². The lowest BCUT2D eigenvalue weighted by molar-refractivity contribution is -0.121. The predicted molar refractivity (Wildman–Crippen MR) is 68.3 cm³/mol. The molecule has 1 saturated carbocycles. The van der Waals surface area contributed by atoms with Gasteiger partial charge in [0.1, 0.15) is 5.82 Å². The molecule has 0 unspecified atom stereocenters. The first kappa shape index (κ1) is 12.8. The van der Waals surface area contributed by atoms with E-state index in [0.717, 1.165) is 31.5 Å². The van der Waals surface area contributed by atoms with Crippen LogP contribution < -0.4 is 10.9 Å². The van der Waals surface area contributed by atoms with Crippen molar-refractivity contribution in [3.8, 4) is 0 Å². The Morgan fingerprint density at radius 1 is 1.44 bits per heavy atom. The lowest BCUT2D eigenvalue weighted by atomic mass is 9.85. The van der Waals surface area contributed by atoms with Crippen LogP contribution in [0.3, 0.4) is 0 Å². The van der Waals surface area contributed by atoms with Crippen LogP contribution in [-0.4, -0.2) is 21.9 Å². The molecule has 0 radical (unpaired) electrons. The molecule has 18 heavy (non-hydrogen) atoms. The summed E-state index contributed by atoms with van der Waals surface area (Å²) in [5.41, 5.74) is -0.0959. The molecule has 0 aromatic carbocycles. The van der Waals surface area contributed by atoms with Crippen molar-refractivity contribution in [1.29, 1.82) is 0 Å². The van der Waals surface area contributed by atoms with Gasteiger partial charge in [0.2, 0.25) is 5.91 Å². The lowest BCUT2D eigenvalue weighted by Gasteiger charge is -2.28. The minimum absolute atomic E-state index is 0.0959. The molecular weight excluding hydrogens is 230 g/mol. The number of nitrogens with one attached hydrogen (secondary N) is 2. The van der Waals surface area contributed by atoms with Gasteiger partial charge in [-0.1, -0.05) is 6.92 Å². The molecule has 98 valence electrons. The molecule has 0 spiro atoms. The van der Waals surface area contributed by atoms with Crippen LogP contribution in [0.5, 0.6) is 0 Å². The Hall–Kier alpha value is -1.65. The topological polar surface area (TPSA) is 74.8 Å². The Labute approximate surface area is 106 Å². The molecule has 2 N–H and O–H groups in total. The summed E-state index contributed by atoms with van der Waals surface area (Å²) in [6, 6.07) is 1.71. The summed E-state index contributed by atoms with van der Waals surface area (Å²) in [4.78, 5) is 29.5. The first-order chi connectivity index (χ1) is 8.69. The second kappa shape index (κ2) is 5.80. The highest BCUT2D eigenvalue weighted by Gasteiger charge is 2.24. The van der Waals surface area contributed by atoms with Gasteiger partial charge in [0.15, 0.2) is 0 Å². The van der Waals surface area contributed by atoms with Gasteiger partial charge in [0.05, 0.1) is 0 Å². The number of nitrogens with zero attached hydrogens (tertiary/aromatic N) is 1. The average Bonchev–Trinajstić information content (AvgIpc) is 2.39. The molecule has 1 fully saturated rings. The van der Waals surface area contributed by atoms with Crippen LogP contribution >= 0.6 is 0 Å². The Morgan fingerprint density at radius 3 is 2.78 bits per heavy atom. The lowest BCUT2D eigenvalue weighted by Crippen LogP contribution is -2.37. The monoisotopic (exact) mass is 249 g/mol. The van der Waals surface area contributed by atoms with Crippen LogP contribution in [0.1, 0.15) is 50.8 Å². The van der Waals surface area contributed by atoms with E-state index >= 15 is 0 Å². The summed E-state index contributed by atoms with van der Waals surface area (Å²) in [5.74, 6) is 1.21. The molecule has 1 heterocycles. The zero-order chi connectivity index (χ0) is 13.0. The molecule has 1 aliphatic rings. The summed E-state index contributed by atoms with van der Waals surface area (Å²) in [7, 11) is 0. The van der Waals surface area contributed by atoms with Crippen molar-refractivity contribution in [3.05, 3.63) is 28.4 Å². The largest absolute Gasteiger partial charge is 0.353 e. The third kappa shape index (κ3) is 3.18. The standard InChI is InChI=1S/C13H19N3O2/c1-2-11(17)15-10-5-3-9(4-6-10)13-14-8-7-12(18)16-13/h7-10H,2-6H2,1H3,(H,15,17)(H,14,16,18). The summed E-state index contributed by atoms with van der Waals surface area (Å²) < 4.78 is 0. The van der Waals surface area contributed by atoms with E-state index in [9.17, 15) is 9.59 Å². The van der Waals surface area contributed by atoms with E-state index in [0.29, 0.717) is 12.3 Å². The van der Waals surface area contributed by atoms with E-state index in [1.807, 2.05) is 6.92 Å². The fourth-order valence-corrected chi connectivity index (χ4v) is 2.43. The van der Waals surface area contributed by atoms with Crippen molar-refractivity contribution in [2.24, 2.45) is 0 Å². The third-order valence-electron chi connectivity index (χ3n) is 3.49. The molecule has 0 saturated heterocycles. The highest BCUT2D eigenvalue weighted by Crippen LogP contribution is 2.30. The SMILES string of the molecule is CCC(=O)NC1CCC(c2nccc(=O)[nH]2)CC1. The van der Waals surface area contributed by atoms with Crippen molar-refractivity contribution >= 4 is 5.91 Å². The van der Waals surface area contributed by atoms with Gasteiger partial charge < -0.3 is 10.3 Å². The van der Waals surface area contributed by atoms with E-state index in [4.69, 9.17) is 0 Å². The van der Waals surface area contributed by atoms with Crippen LogP contribution in [0, 0.1) is 0 Å². The Kier molecular flexibility index (Phi) is 4.12. The molecule has 0 atom stereocenters. The molecule has 1 aromatic rings. The number of carbonyl (C=O) groups is 1. The number of hydrogen-bond donors (Lipinski definition) is 2. The average molecular weight is 249 g/mol. The van der Waals surface area contributed by atoms with Crippen LogP contribution in [0.4, 0.5) is 0 Å². The van der Waals surface area contributed by atoms with Crippen molar-refractivity contribution in [2.75, 3.05) is 0 Å². The molecule has 5 heteroatoms.